The summed E-state index contributed by atoms with van der Waals surface area (Å²) in [4.78, 5) is 0. The summed E-state index contributed by atoms with van der Waals surface area (Å²) in [6.45, 7) is 10.4. The molecule has 0 saturated heterocycles. The molecule has 1 aromatic carbocycles. The van der Waals surface area contributed by atoms with Crippen molar-refractivity contribution in [2.24, 2.45) is 0 Å². The SMILES string of the molecule is CCC(NCCCOC(C)C)c1ccc(C)cc1. The van der Waals surface area contributed by atoms with E-state index < -0.39 is 0 Å². The molecule has 0 aliphatic rings. The minimum atomic E-state index is 0.337. The standard InChI is InChI=1S/C16H27NO/c1-5-16(15-9-7-14(4)8-10-15)17-11-6-12-18-13(2)3/h7-10,13,16-17H,5-6,11-12H2,1-4H3. The van der Waals surface area contributed by atoms with Crippen LogP contribution in [-0.4, -0.2) is 19.3 Å². The number of nitrogens with one attached hydrogen (secondary N) is 1. The molecule has 0 fully saturated rings. The Bertz CT molecular complexity index is 318. The van der Waals surface area contributed by atoms with E-state index >= 15 is 0 Å². The minimum absolute atomic E-state index is 0.337. The number of hydrogen-bond donors (Lipinski definition) is 1. The van der Waals surface area contributed by atoms with Crippen LogP contribution in [-0.2, 0) is 4.74 Å². The second-order valence-electron chi connectivity index (χ2n) is 5.10. The summed E-state index contributed by atoms with van der Waals surface area (Å²) < 4.78 is 5.54. The zero-order valence-electron chi connectivity index (χ0n) is 12.2. The van der Waals surface area contributed by atoms with Crippen LogP contribution < -0.4 is 5.32 Å². The summed E-state index contributed by atoms with van der Waals surface area (Å²) >= 11 is 0. The van der Waals surface area contributed by atoms with Crippen molar-refractivity contribution in [3.8, 4) is 0 Å². The van der Waals surface area contributed by atoms with Crippen LogP contribution in [0.5, 0.6) is 0 Å². The maximum atomic E-state index is 5.54. The average Bonchev–Trinajstić information content (AvgIpc) is 2.35. The van der Waals surface area contributed by atoms with Gasteiger partial charge in [0.2, 0.25) is 0 Å². The number of aryl methyl sites for hydroxylation is 1. The molecule has 0 spiro atoms. The summed E-state index contributed by atoms with van der Waals surface area (Å²) in [5.41, 5.74) is 2.70. The van der Waals surface area contributed by atoms with Crippen LogP contribution >= 0.6 is 0 Å². The quantitative estimate of drug-likeness (QED) is 0.707. The molecule has 2 nitrogen and oxygen atoms in total. The summed E-state index contributed by atoms with van der Waals surface area (Å²) in [5, 5.41) is 3.60. The molecule has 0 bridgehead atoms. The number of rotatable bonds is 8. The molecule has 1 rings (SSSR count). The minimum Gasteiger partial charge on any atom is -0.379 e. The van der Waals surface area contributed by atoms with Crippen molar-refractivity contribution in [3.63, 3.8) is 0 Å². The van der Waals surface area contributed by atoms with Crippen molar-refractivity contribution in [1.82, 2.24) is 5.32 Å². The van der Waals surface area contributed by atoms with Gasteiger partial charge in [-0.05, 0) is 45.7 Å². The van der Waals surface area contributed by atoms with Crippen LogP contribution in [0.2, 0.25) is 0 Å². The second-order valence-corrected chi connectivity index (χ2v) is 5.10. The predicted molar refractivity (Wildman–Crippen MR) is 77.9 cm³/mol. The van der Waals surface area contributed by atoms with Gasteiger partial charge in [-0.15, -0.1) is 0 Å². The predicted octanol–water partition coefficient (Wildman–Crippen LogP) is 3.85. The van der Waals surface area contributed by atoms with E-state index in [4.69, 9.17) is 4.74 Å². The molecule has 1 aromatic rings. The molecule has 0 aromatic heterocycles. The molecule has 18 heavy (non-hydrogen) atoms. The Kier molecular flexibility index (Phi) is 6.99. The number of ether oxygens (including phenoxy) is 1. The molecule has 1 N–H and O–H groups in total. The fourth-order valence-corrected chi connectivity index (χ4v) is 1.96. The van der Waals surface area contributed by atoms with Gasteiger partial charge >= 0.3 is 0 Å². The van der Waals surface area contributed by atoms with Crippen LogP contribution in [0, 0.1) is 6.92 Å². The van der Waals surface area contributed by atoms with Gasteiger partial charge in [-0.25, -0.2) is 0 Å². The van der Waals surface area contributed by atoms with Gasteiger partial charge in [-0.1, -0.05) is 36.8 Å². The zero-order chi connectivity index (χ0) is 13.4. The number of hydrogen-bond acceptors (Lipinski definition) is 2. The van der Waals surface area contributed by atoms with Gasteiger partial charge < -0.3 is 10.1 Å². The maximum absolute atomic E-state index is 5.54. The Balaban J connectivity index is 2.31. The van der Waals surface area contributed by atoms with Crippen LogP contribution in [0.3, 0.4) is 0 Å². The lowest BCUT2D eigenvalue weighted by molar-refractivity contribution is 0.0767. The molecule has 0 radical (unpaired) electrons. The summed E-state index contributed by atoms with van der Waals surface area (Å²) in [6.07, 6.45) is 2.53. The third-order valence-electron chi connectivity index (χ3n) is 3.05. The largest absolute Gasteiger partial charge is 0.379 e. The van der Waals surface area contributed by atoms with Crippen molar-refractivity contribution in [2.75, 3.05) is 13.2 Å². The Morgan fingerprint density at radius 1 is 1.17 bits per heavy atom. The van der Waals surface area contributed by atoms with Gasteiger partial charge in [-0.3, -0.25) is 0 Å². The first-order valence-corrected chi connectivity index (χ1v) is 7.05. The molecule has 0 saturated carbocycles. The Labute approximate surface area is 112 Å². The third kappa shape index (κ3) is 5.65. The molecule has 1 atom stereocenters. The fraction of sp³-hybridized carbons (Fsp3) is 0.625. The first-order chi connectivity index (χ1) is 8.63. The van der Waals surface area contributed by atoms with E-state index in [1.165, 1.54) is 11.1 Å². The summed E-state index contributed by atoms with van der Waals surface area (Å²) in [5.74, 6) is 0. The average molecular weight is 249 g/mol. The normalized spacial score (nSPS) is 12.9. The first-order valence-electron chi connectivity index (χ1n) is 7.05. The lowest BCUT2D eigenvalue weighted by atomic mass is 10.0. The van der Waals surface area contributed by atoms with Crippen molar-refractivity contribution in [2.45, 2.75) is 52.7 Å². The fourth-order valence-electron chi connectivity index (χ4n) is 1.96. The molecule has 0 heterocycles. The van der Waals surface area contributed by atoms with E-state index in [0.717, 1.165) is 26.0 Å². The highest BCUT2D eigenvalue weighted by Gasteiger charge is 2.07. The molecule has 2 heteroatoms. The topological polar surface area (TPSA) is 21.3 Å². The molecular weight excluding hydrogens is 222 g/mol. The molecule has 0 aliphatic carbocycles. The highest BCUT2D eigenvalue weighted by atomic mass is 16.5. The van der Waals surface area contributed by atoms with Gasteiger partial charge in [0.1, 0.15) is 0 Å². The van der Waals surface area contributed by atoms with E-state index in [-0.39, 0.29) is 0 Å². The highest BCUT2D eigenvalue weighted by molar-refractivity contribution is 5.23. The van der Waals surface area contributed by atoms with E-state index in [1.807, 2.05) is 0 Å². The van der Waals surface area contributed by atoms with Gasteiger partial charge in [0.25, 0.3) is 0 Å². The van der Waals surface area contributed by atoms with Gasteiger partial charge in [-0.2, -0.15) is 0 Å². The molecule has 0 amide bonds. The molecule has 1 unspecified atom stereocenters. The third-order valence-corrected chi connectivity index (χ3v) is 3.05. The second kappa shape index (κ2) is 8.28. The lowest BCUT2D eigenvalue weighted by Crippen LogP contribution is -2.23. The Morgan fingerprint density at radius 2 is 1.83 bits per heavy atom. The lowest BCUT2D eigenvalue weighted by Gasteiger charge is -2.18. The van der Waals surface area contributed by atoms with E-state index in [0.29, 0.717) is 12.1 Å². The van der Waals surface area contributed by atoms with E-state index in [1.54, 1.807) is 0 Å². The van der Waals surface area contributed by atoms with Crippen molar-refractivity contribution < 1.29 is 4.74 Å². The summed E-state index contributed by atoms with van der Waals surface area (Å²) in [7, 11) is 0. The van der Waals surface area contributed by atoms with Crippen molar-refractivity contribution in [1.29, 1.82) is 0 Å². The van der Waals surface area contributed by atoms with Gasteiger partial charge in [0.15, 0.2) is 0 Å². The van der Waals surface area contributed by atoms with E-state index in [2.05, 4.69) is 57.3 Å². The van der Waals surface area contributed by atoms with Crippen LogP contribution in [0.25, 0.3) is 0 Å². The molecular formula is C16H27NO. The Morgan fingerprint density at radius 3 is 2.39 bits per heavy atom. The van der Waals surface area contributed by atoms with Gasteiger partial charge in [0, 0.05) is 12.6 Å². The van der Waals surface area contributed by atoms with Crippen LogP contribution in [0.15, 0.2) is 24.3 Å². The molecule has 0 aliphatic heterocycles. The van der Waals surface area contributed by atoms with Gasteiger partial charge in [0.05, 0.1) is 6.10 Å². The zero-order valence-corrected chi connectivity index (χ0v) is 12.2. The summed E-state index contributed by atoms with van der Waals surface area (Å²) in [6, 6.07) is 9.27. The highest BCUT2D eigenvalue weighted by Crippen LogP contribution is 2.16. The Hall–Kier alpha value is -0.860. The smallest absolute Gasteiger partial charge is 0.0518 e. The first kappa shape index (κ1) is 15.2. The maximum Gasteiger partial charge on any atom is 0.0518 e. The van der Waals surface area contributed by atoms with Crippen LogP contribution in [0.1, 0.15) is 50.8 Å². The monoisotopic (exact) mass is 249 g/mol. The molecule has 102 valence electrons. The van der Waals surface area contributed by atoms with Crippen molar-refractivity contribution >= 4 is 0 Å². The van der Waals surface area contributed by atoms with Crippen molar-refractivity contribution in [3.05, 3.63) is 35.4 Å². The number of benzene rings is 1. The van der Waals surface area contributed by atoms with E-state index in [9.17, 15) is 0 Å². The van der Waals surface area contributed by atoms with Crippen LogP contribution in [0.4, 0.5) is 0 Å².